The van der Waals surface area contributed by atoms with E-state index in [9.17, 15) is 14.4 Å². The molecule has 33 heavy (non-hydrogen) atoms. The summed E-state index contributed by atoms with van der Waals surface area (Å²) >= 11 is 0. The molecule has 1 unspecified atom stereocenters. The minimum absolute atomic E-state index is 0.0283. The van der Waals surface area contributed by atoms with Crippen LogP contribution in [-0.2, 0) is 9.59 Å². The van der Waals surface area contributed by atoms with E-state index in [0.717, 1.165) is 69.9 Å². The van der Waals surface area contributed by atoms with E-state index in [4.69, 9.17) is 0 Å². The third-order valence-corrected chi connectivity index (χ3v) is 7.19. The van der Waals surface area contributed by atoms with Crippen molar-refractivity contribution >= 4 is 17.7 Å². The lowest BCUT2D eigenvalue weighted by molar-refractivity contribution is -0.136. The first-order valence-electron chi connectivity index (χ1n) is 12.9. The molecule has 182 valence electrons. The fourth-order valence-corrected chi connectivity index (χ4v) is 5.13. The maximum absolute atomic E-state index is 13.1. The number of carbonyl (C=O) groups excluding carboxylic acids is 3. The zero-order valence-electron chi connectivity index (χ0n) is 20.4. The maximum Gasteiger partial charge on any atom is 0.251 e. The minimum Gasteiger partial charge on any atom is -0.351 e. The molecule has 1 aromatic rings. The van der Waals surface area contributed by atoms with Crippen LogP contribution in [0, 0.1) is 12.8 Å². The molecule has 1 aliphatic carbocycles. The number of unbranched alkanes of at least 4 members (excludes halogenated alkanes) is 3. The summed E-state index contributed by atoms with van der Waals surface area (Å²) in [5, 5.41) is 6.41. The highest BCUT2D eigenvalue weighted by molar-refractivity contribution is 5.95. The number of rotatable bonds is 9. The average molecular weight is 456 g/mol. The van der Waals surface area contributed by atoms with Crippen molar-refractivity contribution in [1.82, 2.24) is 15.5 Å². The molecule has 0 spiro atoms. The summed E-state index contributed by atoms with van der Waals surface area (Å²) in [6, 6.07) is 7.47. The lowest BCUT2D eigenvalue weighted by atomic mass is 9.88. The van der Waals surface area contributed by atoms with E-state index in [1.807, 2.05) is 36.1 Å². The van der Waals surface area contributed by atoms with Gasteiger partial charge in [0.2, 0.25) is 11.8 Å². The summed E-state index contributed by atoms with van der Waals surface area (Å²) in [6.45, 7) is 5.38. The van der Waals surface area contributed by atoms with Gasteiger partial charge in [-0.15, -0.1) is 0 Å². The Morgan fingerprint density at radius 2 is 1.67 bits per heavy atom. The van der Waals surface area contributed by atoms with E-state index >= 15 is 0 Å². The van der Waals surface area contributed by atoms with Crippen molar-refractivity contribution in [3.8, 4) is 0 Å². The van der Waals surface area contributed by atoms with E-state index in [1.54, 1.807) is 0 Å². The largest absolute Gasteiger partial charge is 0.351 e. The maximum atomic E-state index is 13.1. The van der Waals surface area contributed by atoms with E-state index in [1.165, 1.54) is 6.42 Å². The van der Waals surface area contributed by atoms with Crippen molar-refractivity contribution in [1.29, 1.82) is 0 Å². The summed E-state index contributed by atoms with van der Waals surface area (Å²) in [7, 11) is 0. The first-order valence-corrected chi connectivity index (χ1v) is 12.9. The minimum atomic E-state index is -0.159. The summed E-state index contributed by atoms with van der Waals surface area (Å²) in [5.74, 6) is -0.0186. The van der Waals surface area contributed by atoms with E-state index in [2.05, 4.69) is 17.6 Å². The van der Waals surface area contributed by atoms with Gasteiger partial charge in [0.25, 0.3) is 5.91 Å². The van der Waals surface area contributed by atoms with Gasteiger partial charge < -0.3 is 15.5 Å². The molecule has 2 N–H and O–H groups in total. The molecule has 6 heteroatoms. The van der Waals surface area contributed by atoms with Gasteiger partial charge in [-0.25, -0.2) is 0 Å². The second kappa shape index (κ2) is 12.8. The number of carbonyl (C=O) groups is 3. The van der Waals surface area contributed by atoms with Gasteiger partial charge in [0.15, 0.2) is 0 Å². The molecule has 2 fully saturated rings. The van der Waals surface area contributed by atoms with Crippen molar-refractivity contribution in [3.05, 3.63) is 35.4 Å². The molecule has 0 bridgehead atoms. The second-order valence-electron chi connectivity index (χ2n) is 9.78. The lowest BCUT2D eigenvalue weighted by Crippen LogP contribution is -2.55. The Kier molecular flexibility index (Phi) is 9.76. The summed E-state index contributed by atoms with van der Waals surface area (Å²) in [5.41, 5.74) is 1.64. The van der Waals surface area contributed by atoms with Gasteiger partial charge in [-0.05, 0) is 50.7 Å². The molecule has 1 aliphatic heterocycles. The Hall–Kier alpha value is -2.37. The zero-order chi connectivity index (χ0) is 23.6. The molecule has 1 saturated heterocycles. The number of hydrogen-bond acceptors (Lipinski definition) is 3. The molecule has 0 aromatic heterocycles. The summed E-state index contributed by atoms with van der Waals surface area (Å²) < 4.78 is 0. The molecular weight excluding hydrogens is 414 g/mol. The molecule has 3 amide bonds. The van der Waals surface area contributed by atoms with Crippen LogP contribution in [0.5, 0.6) is 0 Å². The van der Waals surface area contributed by atoms with Gasteiger partial charge in [0.1, 0.15) is 0 Å². The van der Waals surface area contributed by atoms with E-state index in [-0.39, 0.29) is 35.7 Å². The van der Waals surface area contributed by atoms with Crippen molar-refractivity contribution in [2.24, 2.45) is 5.92 Å². The molecule has 1 aromatic carbocycles. The first kappa shape index (κ1) is 25.3. The summed E-state index contributed by atoms with van der Waals surface area (Å²) in [6.07, 6.45) is 10.5. The van der Waals surface area contributed by atoms with E-state index < -0.39 is 0 Å². The van der Waals surface area contributed by atoms with Crippen molar-refractivity contribution < 1.29 is 14.4 Å². The standard InChI is InChI=1S/C27H41N3O3/c1-3-4-5-6-17-25(31)30-18-11-13-21(19-30)26(32)28-23-15-9-10-16-24(23)29-27(33)22-14-8-7-12-20(22)2/h7-8,12,14,21,23-24H,3-6,9-11,13,15-19H2,1-2H3,(H,28,32)(H,29,33)/t21?,23-,24-/m1/s1. The van der Waals surface area contributed by atoms with Crippen LogP contribution in [0.25, 0.3) is 0 Å². The van der Waals surface area contributed by atoms with Gasteiger partial charge in [0, 0.05) is 37.2 Å². The SMILES string of the molecule is CCCCCCC(=O)N1CCCC(C(=O)N[C@@H]2CCCC[C@H]2NC(=O)c2ccccc2C)C1. The molecule has 3 rings (SSSR count). The van der Waals surface area contributed by atoms with Crippen LogP contribution >= 0.6 is 0 Å². The highest BCUT2D eigenvalue weighted by Crippen LogP contribution is 2.23. The van der Waals surface area contributed by atoms with Gasteiger partial charge in [-0.1, -0.05) is 57.2 Å². The third-order valence-electron chi connectivity index (χ3n) is 7.19. The molecule has 2 aliphatic rings. The Morgan fingerprint density at radius 1 is 0.939 bits per heavy atom. The monoisotopic (exact) mass is 455 g/mol. The van der Waals surface area contributed by atoms with Crippen LogP contribution < -0.4 is 10.6 Å². The van der Waals surface area contributed by atoms with Crippen molar-refractivity contribution in [2.75, 3.05) is 13.1 Å². The summed E-state index contributed by atoms with van der Waals surface area (Å²) in [4.78, 5) is 40.5. The number of hydrogen-bond donors (Lipinski definition) is 2. The van der Waals surface area contributed by atoms with E-state index in [0.29, 0.717) is 18.5 Å². The number of likely N-dealkylation sites (tertiary alicyclic amines) is 1. The topological polar surface area (TPSA) is 78.5 Å². The van der Waals surface area contributed by atoms with Crippen molar-refractivity contribution in [3.63, 3.8) is 0 Å². The number of aryl methyl sites for hydroxylation is 1. The Balaban J connectivity index is 1.53. The molecular formula is C27H41N3O3. The Labute approximate surface area is 198 Å². The van der Waals surface area contributed by atoms with Crippen LogP contribution in [-0.4, -0.2) is 47.8 Å². The normalized spacial score (nSPS) is 23.1. The number of piperidine rings is 1. The number of nitrogens with zero attached hydrogens (tertiary/aromatic N) is 1. The third kappa shape index (κ3) is 7.31. The molecule has 1 heterocycles. The van der Waals surface area contributed by atoms with Crippen LogP contribution in [0.1, 0.15) is 93.5 Å². The van der Waals surface area contributed by atoms with Gasteiger partial charge in [0.05, 0.1) is 5.92 Å². The van der Waals surface area contributed by atoms with Crippen LogP contribution in [0.2, 0.25) is 0 Å². The second-order valence-corrected chi connectivity index (χ2v) is 9.78. The Morgan fingerprint density at radius 3 is 2.39 bits per heavy atom. The van der Waals surface area contributed by atoms with Crippen LogP contribution in [0.4, 0.5) is 0 Å². The van der Waals surface area contributed by atoms with Crippen LogP contribution in [0.3, 0.4) is 0 Å². The van der Waals surface area contributed by atoms with Crippen molar-refractivity contribution in [2.45, 2.75) is 96.6 Å². The number of benzene rings is 1. The molecule has 3 atom stereocenters. The predicted octanol–water partition coefficient (Wildman–Crippen LogP) is 4.36. The fourth-order valence-electron chi connectivity index (χ4n) is 5.13. The van der Waals surface area contributed by atoms with Gasteiger partial charge in [-0.2, -0.15) is 0 Å². The molecule has 1 saturated carbocycles. The highest BCUT2D eigenvalue weighted by Gasteiger charge is 2.33. The highest BCUT2D eigenvalue weighted by atomic mass is 16.2. The fraction of sp³-hybridized carbons (Fsp3) is 0.667. The number of amides is 3. The smallest absolute Gasteiger partial charge is 0.251 e. The number of nitrogens with one attached hydrogen (secondary N) is 2. The molecule has 0 radical (unpaired) electrons. The first-order chi connectivity index (χ1) is 16.0. The Bertz CT molecular complexity index is 810. The predicted molar refractivity (Wildman–Crippen MR) is 131 cm³/mol. The molecule has 6 nitrogen and oxygen atoms in total. The average Bonchev–Trinajstić information content (AvgIpc) is 2.83. The zero-order valence-corrected chi connectivity index (χ0v) is 20.4. The van der Waals surface area contributed by atoms with Gasteiger partial charge in [-0.3, -0.25) is 14.4 Å². The van der Waals surface area contributed by atoms with Gasteiger partial charge >= 0.3 is 0 Å². The lowest BCUT2D eigenvalue weighted by Gasteiger charge is -2.36. The van der Waals surface area contributed by atoms with Crippen LogP contribution in [0.15, 0.2) is 24.3 Å². The quantitative estimate of drug-likeness (QED) is 0.543.